The lowest BCUT2D eigenvalue weighted by molar-refractivity contribution is 0.112. The van der Waals surface area contributed by atoms with Crippen LogP contribution in [0.1, 0.15) is 9.67 Å². The van der Waals surface area contributed by atoms with Crippen LogP contribution in [0.2, 0.25) is 0 Å². The zero-order chi connectivity index (χ0) is 9.97. The van der Waals surface area contributed by atoms with Crippen molar-refractivity contribution in [3.63, 3.8) is 0 Å². The third-order valence-electron chi connectivity index (χ3n) is 1.82. The quantitative estimate of drug-likeness (QED) is 0.748. The Labute approximate surface area is 89.8 Å². The van der Waals surface area contributed by atoms with Crippen LogP contribution in [0.4, 0.5) is 0 Å². The van der Waals surface area contributed by atoms with Gasteiger partial charge in [0.1, 0.15) is 10.6 Å². The van der Waals surface area contributed by atoms with Gasteiger partial charge in [-0.2, -0.15) is 0 Å². The SMILES string of the molecule is COc1cc(-c2cccs2)sc1C=O. The first-order valence-electron chi connectivity index (χ1n) is 4.02. The molecule has 14 heavy (non-hydrogen) atoms. The first-order chi connectivity index (χ1) is 6.85. The summed E-state index contributed by atoms with van der Waals surface area (Å²) in [5, 5.41) is 2.02. The molecule has 0 aliphatic rings. The Morgan fingerprint density at radius 2 is 2.29 bits per heavy atom. The summed E-state index contributed by atoms with van der Waals surface area (Å²) in [7, 11) is 1.58. The molecule has 0 atom stereocenters. The summed E-state index contributed by atoms with van der Waals surface area (Å²) in [6, 6.07) is 5.93. The number of hydrogen-bond acceptors (Lipinski definition) is 4. The molecule has 2 aromatic rings. The third-order valence-corrected chi connectivity index (χ3v) is 3.92. The van der Waals surface area contributed by atoms with Crippen molar-refractivity contribution in [2.24, 2.45) is 0 Å². The Morgan fingerprint density at radius 3 is 2.79 bits per heavy atom. The van der Waals surface area contributed by atoms with E-state index in [2.05, 4.69) is 0 Å². The van der Waals surface area contributed by atoms with Gasteiger partial charge in [0.15, 0.2) is 6.29 Å². The van der Waals surface area contributed by atoms with E-state index in [1.165, 1.54) is 16.2 Å². The molecule has 0 saturated carbocycles. The Hall–Kier alpha value is -1.13. The standard InChI is InChI=1S/C10H8O2S2/c1-12-7-5-9(14-10(7)6-11)8-3-2-4-13-8/h2-6H,1H3. The highest BCUT2D eigenvalue weighted by Crippen LogP contribution is 2.37. The highest BCUT2D eigenvalue weighted by atomic mass is 32.1. The Balaban J connectivity index is 2.46. The molecule has 0 bridgehead atoms. The Bertz CT molecular complexity index is 429. The summed E-state index contributed by atoms with van der Waals surface area (Å²) in [5.41, 5.74) is 0. The summed E-state index contributed by atoms with van der Waals surface area (Å²) < 4.78 is 5.10. The van der Waals surface area contributed by atoms with Crippen LogP contribution in [-0.4, -0.2) is 13.4 Å². The predicted molar refractivity (Wildman–Crippen MR) is 59.6 cm³/mol. The van der Waals surface area contributed by atoms with Gasteiger partial charge in [0, 0.05) is 15.8 Å². The molecule has 0 saturated heterocycles. The van der Waals surface area contributed by atoms with Gasteiger partial charge in [0.25, 0.3) is 0 Å². The van der Waals surface area contributed by atoms with E-state index in [-0.39, 0.29) is 0 Å². The highest BCUT2D eigenvalue weighted by molar-refractivity contribution is 7.22. The lowest BCUT2D eigenvalue weighted by Gasteiger charge is -1.92. The number of aldehydes is 1. The largest absolute Gasteiger partial charge is 0.495 e. The maximum absolute atomic E-state index is 10.7. The number of carbonyl (C=O) groups excluding carboxylic acids is 1. The smallest absolute Gasteiger partial charge is 0.163 e. The van der Waals surface area contributed by atoms with Crippen molar-refractivity contribution in [1.82, 2.24) is 0 Å². The number of ether oxygens (including phenoxy) is 1. The van der Waals surface area contributed by atoms with Gasteiger partial charge in [-0.1, -0.05) is 6.07 Å². The van der Waals surface area contributed by atoms with Crippen LogP contribution in [0.25, 0.3) is 9.75 Å². The lowest BCUT2D eigenvalue weighted by atomic mass is 10.3. The fourth-order valence-corrected chi connectivity index (χ4v) is 2.94. The molecule has 2 rings (SSSR count). The van der Waals surface area contributed by atoms with Crippen LogP contribution in [0.3, 0.4) is 0 Å². The molecule has 0 aromatic carbocycles. The van der Waals surface area contributed by atoms with E-state index in [1.807, 2.05) is 23.6 Å². The van der Waals surface area contributed by atoms with Crippen LogP contribution in [0, 0.1) is 0 Å². The molecule has 0 N–H and O–H groups in total. The minimum atomic E-state index is 0.649. The molecule has 72 valence electrons. The molecule has 0 aliphatic carbocycles. The van der Waals surface area contributed by atoms with E-state index in [0.29, 0.717) is 10.6 Å². The number of hydrogen-bond donors (Lipinski definition) is 0. The zero-order valence-electron chi connectivity index (χ0n) is 7.52. The molecule has 0 radical (unpaired) electrons. The number of carbonyl (C=O) groups is 1. The molecule has 4 heteroatoms. The van der Waals surface area contributed by atoms with Gasteiger partial charge in [-0.25, -0.2) is 0 Å². The van der Waals surface area contributed by atoms with Crippen molar-refractivity contribution >= 4 is 29.0 Å². The van der Waals surface area contributed by atoms with Crippen molar-refractivity contribution < 1.29 is 9.53 Å². The van der Waals surface area contributed by atoms with E-state index in [9.17, 15) is 4.79 Å². The number of methoxy groups -OCH3 is 1. The van der Waals surface area contributed by atoms with Gasteiger partial charge in [-0.05, 0) is 11.4 Å². The summed E-state index contributed by atoms with van der Waals surface area (Å²) >= 11 is 3.12. The van der Waals surface area contributed by atoms with Crippen LogP contribution in [0.15, 0.2) is 23.6 Å². The molecule has 0 fully saturated rings. The molecular weight excluding hydrogens is 216 g/mol. The van der Waals surface area contributed by atoms with E-state index in [0.717, 1.165) is 11.2 Å². The van der Waals surface area contributed by atoms with Crippen molar-refractivity contribution in [3.05, 3.63) is 28.5 Å². The molecule has 2 heterocycles. The van der Waals surface area contributed by atoms with Crippen LogP contribution >= 0.6 is 22.7 Å². The topological polar surface area (TPSA) is 26.3 Å². The third kappa shape index (κ3) is 1.58. The second kappa shape index (κ2) is 3.94. The zero-order valence-corrected chi connectivity index (χ0v) is 9.15. The maximum atomic E-state index is 10.7. The minimum absolute atomic E-state index is 0.649. The molecule has 0 amide bonds. The number of rotatable bonds is 3. The fraction of sp³-hybridized carbons (Fsp3) is 0.100. The van der Waals surface area contributed by atoms with Crippen molar-refractivity contribution in [2.45, 2.75) is 0 Å². The first kappa shape index (κ1) is 9.43. The molecule has 0 aliphatic heterocycles. The predicted octanol–water partition coefficient (Wildman–Crippen LogP) is 3.30. The summed E-state index contributed by atoms with van der Waals surface area (Å²) in [6.45, 7) is 0. The van der Waals surface area contributed by atoms with Crippen molar-refractivity contribution in [1.29, 1.82) is 0 Å². The first-order valence-corrected chi connectivity index (χ1v) is 5.71. The summed E-state index contributed by atoms with van der Waals surface area (Å²) in [5.74, 6) is 0.661. The summed E-state index contributed by atoms with van der Waals surface area (Å²) in [6.07, 6.45) is 0.834. The van der Waals surface area contributed by atoms with Crippen LogP contribution in [0.5, 0.6) is 5.75 Å². The van der Waals surface area contributed by atoms with Gasteiger partial charge in [-0.3, -0.25) is 4.79 Å². The van der Waals surface area contributed by atoms with Crippen molar-refractivity contribution in [2.75, 3.05) is 7.11 Å². The molecule has 0 unspecified atom stereocenters. The maximum Gasteiger partial charge on any atom is 0.163 e. The monoisotopic (exact) mass is 224 g/mol. The van der Waals surface area contributed by atoms with Gasteiger partial charge >= 0.3 is 0 Å². The average Bonchev–Trinajstić information content (AvgIpc) is 2.85. The van der Waals surface area contributed by atoms with Gasteiger partial charge < -0.3 is 4.74 Å². The highest BCUT2D eigenvalue weighted by Gasteiger charge is 2.10. The van der Waals surface area contributed by atoms with E-state index in [1.54, 1.807) is 18.4 Å². The van der Waals surface area contributed by atoms with Gasteiger partial charge in [0.05, 0.1) is 7.11 Å². The van der Waals surface area contributed by atoms with E-state index in [4.69, 9.17) is 4.74 Å². The number of thiophene rings is 2. The molecular formula is C10H8O2S2. The molecule has 0 spiro atoms. The normalized spacial score (nSPS) is 10.1. The van der Waals surface area contributed by atoms with Crippen LogP contribution in [-0.2, 0) is 0 Å². The second-order valence-corrected chi connectivity index (χ2v) is 4.67. The van der Waals surface area contributed by atoms with Crippen LogP contribution < -0.4 is 4.74 Å². The molecule has 2 nitrogen and oxygen atoms in total. The summed E-state index contributed by atoms with van der Waals surface area (Å²) in [4.78, 5) is 13.6. The minimum Gasteiger partial charge on any atom is -0.495 e. The van der Waals surface area contributed by atoms with E-state index < -0.39 is 0 Å². The Kier molecular flexibility index (Phi) is 2.65. The lowest BCUT2D eigenvalue weighted by Crippen LogP contribution is -1.82. The molecule has 2 aromatic heterocycles. The fourth-order valence-electron chi connectivity index (χ4n) is 1.17. The van der Waals surface area contributed by atoms with E-state index >= 15 is 0 Å². The van der Waals surface area contributed by atoms with Crippen molar-refractivity contribution in [3.8, 4) is 15.5 Å². The second-order valence-electron chi connectivity index (χ2n) is 2.64. The van der Waals surface area contributed by atoms with Gasteiger partial charge in [0.2, 0.25) is 0 Å². The average molecular weight is 224 g/mol. The van der Waals surface area contributed by atoms with Gasteiger partial charge in [-0.15, -0.1) is 22.7 Å². The Morgan fingerprint density at radius 1 is 1.43 bits per heavy atom.